The van der Waals surface area contributed by atoms with E-state index in [9.17, 15) is 52.7 Å². The van der Waals surface area contributed by atoms with E-state index < -0.39 is 153 Å². The zero-order valence-corrected chi connectivity index (χ0v) is 33.9. The maximum Gasteiger partial charge on any atom is 0.328 e. The fraction of sp³-hybridized carbons (Fsp3) is 0.0667. The smallest absolute Gasteiger partial charge is 0.207 e. The van der Waals surface area contributed by atoms with Crippen molar-refractivity contribution in [2.75, 3.05) is 0 Å². The van der Waals surface area contributed by atoms with Crippen molar-refractivity contribution in [1.82, 2.24) is 0 Å². The van der Waals surface area contributed by atoms with Crippen molar-refractivity contribution < 1.29 is 87.8 Å². The minimum atomic E-state index is -7.22. The van der Waals surface area contributed by atoms with Crippen molar-refractivity contribution >= 4 is 36.8 Å². The third kappa shape index (κ3) is 8.78. The van der Waals surface area contributed by atoms with E-state index in [1.165, 1.54) is 34.8 Å². The summed E-state index contributed by atoms with van der Waals surface area (Å²) < 4.78 is 294. The Kier molecular flexibility index (Phi) is 14.7. The summed E-state index contributed by atoms with van der Waals surface area (Å²) in [6.07, 6.45) is -7.22. The Hall–Kier alpha value is -6.58. The van der Waals surface area contributed by atoms with Crippen molar-refractivity contribution in [2.24, 2.45) is 0 Å². The number of halogens is 20. The summed E-state index contributed by atoms with van der Waals surface area (Å²) in [7, 11) is -0.502. The third-order valence-electron chi connectivity index (χ3n) is 10.6. The van der Waals surface area contributed by atoms with Crippen LogP contribution in [0.25, 0.3) is 0 Å². The molecule has 0 fully saturated rings. The summed E-state index contributed by atoms with van der Waals surface area (Å²) in [5.41, 5.74) is -9.90. The molecule has 0 bridgehead atoms. The van der Waals surface area contributed by atoms with Gasteiger partial charge in [0.1, 0.15) is 52.7 Å². The maximum atomic E-state index is 15.4. The van der Waals surface area contributed by atoms with Gasteiger partial charge in [-0.25, -0.2) is 87.8 Å². The van der Waals surface area contributed by atoms with Gasteiger partial charge in [0.05, 0.1) is 18.1 Å². The molecular weight excluding hydrogens is 959 g/mol. The van der Waals surface area contributed by atoms with Crippen molar-refractivity contribution in [3.63, 3.8) is 0 Å². The van der Waals surface area contributed by atoms with E-state index in [0.29, 0.717) is 0 Å². The van der Waals surface area contributed by atoms with Crippen LogP contribution in [0, 0.1) is 116 Å². The molecule has 0 saturated carbocycles. The lowest BCUT2D eigenvalue weighted by Crippen LogP contribution is -2.81. The standard InChI is InChI=1S/C24BF20.C21H21Si/c26-5-1(6(27)14(35)21(42)13(5)34)25(2-7(28)15(36)22(43)16(37)8(2)29,3-9(30)17(38)23(44)18(39)10(3)31)4-11(32)19(40)24(45)20(41)12(4)33;1-4-10-19(11-5-1)16-22(17-20-12-6-2-7-13-20)18-21-14-8-3-9-15-21/h;1-15H,16-18H2/q-1;+1. The van der Waals surface area contributed by atoms with Gasteiger partial charge in [-0.05, 0) is 16.7 Å². The van der Waals surface area contributed by atoms with Gasteiger partial charge in [-0.15, -0.1) is 21.9 Å². The molecule has 0 aliphatic carbocycles. The Morgan fingerprint density at radius 2 is 0.373 bits per heavy atom. The molecule has 67 heavy (non-hydrogen) atoms. The highest BCUT2D eigenvalue weighted by Crippen LogP contribution is 2.31. The maximum absolute atomic E-state index is 15.4. The van der Waals surface area contributed by atoms with E-state index >= 15 is 35.1 Å². The van der Waals surface area contributed by atoms with Crippen LogP contribution in [0.4, 0.5) is 87.8 Å². The van der Waals surface area contributed by atoms with Gasteiger partial charge in [0, 0.05) is 0 Å². The Bertz CT molecular complexity index is 2510. The van der Waals surface area contributed by atoms with Crippen LogP contribution in [0.15, 0.2) is 91.0 Å². The van der Waals surface area contributed by atoms with E-state index in [-0.39, 0.29) is 0 Å². The summed E-state index contributed by atoms with van der Waals surface area (Å²) in [6, 6.07) is 36.5. The summed E-state index contributed by atoms with van der Waals surface area (Å²) in [5.74, 6) is -71.4. The molecule has 0 radical (unpaired) electrons. The van der Waals surface area contributed by atoms with E-state index in [1.807, 2.05) is 0 Å². The molecule has 7 aromatic rings. The highest BCUT2D eigenvalue weighted by atomic mass is 28.3. The molecule has 7 aromatic carbocycles. The van der Waals surface area contributed by atoms with Gasteiger partial charge in [-0.1, -0.05) is 91.0 Å². The average Bonchev–Trinajstić information content (AvgIpc) is 3.32. The fourth-order valence-electron chi connectivity index (χ4n) is 7.72. The lowest BCUT2D eigenvalue weighted by molar-refractivity contribution is 0.378. The van der Waals surface area contributed by atoms with Crippen LogP contribution < -0.4 is 21.9 Å². The fourth-order valence-corrected chi connectivity index (χ4v) is 10.5. The third-order valence-corrected chi connectivity index (χ3v) is 13.3. The van der Waals surface area contributed by atoms with E-state index in [4.69, 9.17) is 0 Å². The summed E-state index contributed by atoms with van der Waals surface area (Å²) in [6.45, 7) is 0. The van der Waals surface area contributed by atoms with E-state index in [1.54, 1.807) is 0 Å². The molecule has 0 amide bonds. The number of rotatable bonds is 10. The SMILES string of the molecule is Fc1c(F)c(F)c([B-](c2c(F)c(F)c(F)c(F)c2F)(c2c(F)c(F)c(F)c(F)c2F)c2c(F)c(F)c(F)c(F)c2F)c(F)c1F.c1ccc(C[Si+](Cc2ccccc2)Cc2ccccc2)cc1. The largest absolute Gasteiger partial charge is 0.328 e. The Labute approximate surface area is 366 Å². The molecule has 22 heteroatoms. The summed E-state index contributed by atoms with van der Waals surface area (Å²) in [5, 5.41) is 0. The molecule has 0 nitrogen and oxygen atoms in total. The molecule has 0 aliphatic heterocycles. The van der Waals surface area contributed by atoms with Crippen molar-refractivity contribution in [3.8, 4) is 0 Å². The zero-order valence-electron chi connectivity index (χ0n) is 32.9. The minimum Gasteiger partial charge on any atom is -0.207 e. The zero-order chi connectivity index (χ0) is 49.4. The molecule has 0 unspecified atom stereocenters. The van der Waals surface area contributed by atoms with Gasteiger partial charge in [0.25, 0.3) is 0 Å². The lowest BCUT2D eigenvalue weighted by Gasteiger charge is -2.44. The molecule has 0 atom stereocenters. The molecule has 0 aliphatic rings. The van der Waals surface area contributed by atoms with Gasteiger partial charge in [0.2, 0.25) is 0 Å². The van der Waals surface area contributed by atoms with Crippen LogP contribution in [0.1, 0.15) is 16.7 Å². The lowest BCUT2D eigenvalue weighted by atomic mass is 9.12. The topological polar surface area (TPSA) is 0 Å². The monoisotopic (exact) mass is 980 g/mol. The quantitative estimate of drug-likeness (QED) is 0.0555. The molecule has 0 spiro atoms. The van der Waals surface area contributed by atoms with Gasteiger partial charge >= 0.3 is 8.80 Å². The first-order valence-electron chi connectivity index (χ1n) is 18.8. The van der Waals surface area contributed by atoms with Crippen molar-refractivity contribution in [1.29, 1.82) is 0 Å². The first-order chi connectivity index (χ1) is 31.6. The van der Waals surface area contributed by atoms with Crippen LogP contribution in [0.2, 0.25) is 0 Å². The van der Waals surface area contributed by atoms with Crippen LogP contribution in [-0.4, -0.2) is 14.9 Å². The number of benzene rings is 7. The van der Waals surface area contributed by atoms with Crippen molar-refractivity contribution in [3.05, 3.63) is 224 Å². The second kappa shape index (κ2) is 19.7. The summed E-state index contributed by atoms with van der Waals surface area (Å²) in [4.78, 5) is 0. The number of hydrogen-bond donors (Lipinski definition) is 0. The summed E-state index contributed by atoms with van der Waals surface area (Å²) >= 11 is 0. The Balaban J connectivity index is 0.000000279. The average molecular weight is 981 g/mol. The highest BCUT2D eigenvalue weighted by Gasteiger charge is 2.52. The van der Waals surface area contributed by atoms with Crippen LogP contribution in [0.3, 0.4) is 0 Å². The highest BCUT2D eigenvalue weighted by molar-refractivity contribution is 7.20. The number of hydrogen-bond acceptors (Lipinski definition) is 0. The second-order valence-electron chi connectivity index (χ2n) is 14.5. The van der Waals surface area contributed by atoms with Gasteiger partial charge in [-0.2, -0.15) is 0 Å². The first kappa shape index (κ1) is 49.8. The molecule has 0 N–H and O–H groups in total. The molecular formula is C45H21BF20Si. The molecule has 0 aromatic heterocycles. The Morgan fingerprint density at radius 1 is 0.224 bits per heavy atom. The van der Waals surface area contributed by atoms with Crippen molar-refractivity contribution in [2.45, 2.75) is 18.1 Å². The molecule has 348 valence electrons. The predicted molar refractivity (Wildman–Crippen MR) is 205 cm³/mol. The van der Waals surface area contributed by atoms with Gasteiger partial charge in [-0.3, -0.25) is 0 Å². The molecule has 0 heterocycles. The molecule has 0 saturated heterocycles. The van der Waals surface area contributed by atoms with E-state index in [2.05, 4.69) is 91.0 Å². The van der Waals surface area contributed by atoms with Crippen LogP contribution in [0.5, 0.6) is 0 Å². The Morgan fingerprint density at radius 3 is 0.537 bits per heavy atom. The minimum absolute atomic E-state index is 0.502. The van der Waals surface area contributed by atoms with Gasteiger partial charge < -0.3 is 0 Å². The first-order valence-corrected chi connectivity index (χ1v) is 20.9. The van der Waals surface area contributed by atoms with E-state index in [0.717, 1.165) is 0 Å². The normalized spacial score (nSPS) is 11.5. The van der Waals surface area contributed by atoms with Crippen LogP contribution in [-0.2, 0) is 18.1 Å². The van der Waals surface area contributed by atoms with Gasteiger partial charge in [0.15, 0.2) is 69.8 Å². The van der Waals surface area contributed by atoms with Crippen LogP contribution >= 0.6 is 0 Å². The predicted octanol–water partition coefficient (Wildman–Crippen LogP) is 10.7. The molecule has 7 rings (SSSR count). The second-order valence-corrected chi connectivity index (χ2v) is 17.1.